The van der Waals surface area contributed by atoms with Gasteiger partial charge in [-0.3, -0.25) is 10.1 Å². The van der Waals surface area contributed by atoms with Crippen LogP contribution in [0.4, 0.5) is 5.69 Å². The molecule has 1 aliphatic carbocycles. The Morgan fingerprint density at radius 2 is 2.27 bits per heavy atom. The highest BCUT2D eigenvalue weighted by molar-refractivity contribution is 5.41. The van der Waals surface area contributed by atoms with Gasteiger partial charge in [-0.2, -0.15) is 0 Å². The van der Waals surface area contributed by atoms with E-state index >= 15 is 0 Å². The second-order valence-corrected chi connectivity index (χ2v) is 4.00. The van der Waals surface area contributed by atoms with E-state index in [0.717, 1.165) is 24.8 Å². The van der Waals surface area contributed by atoms with Crippen molar-refractivity contribution in [1.82, 2.24) is 0 Å². The van der Waals surface area contributed by atoms with E-state index in [1.54, 1.807) is 12.1 Å². The van der Waals surface area contributed by atoms with Crippen molar-refractivity contribution >= 4 is 5.69 Å². The standard InChI is InChI=1S/C11H13NO3/c13-7-8-1-2-9-3-4-11(12(14)15)6-10(9)5-8/h3-4,6,8,13H,1-2,5,7H2. The number of aliphatic hydroxyl groups is 1. The summed E-state index contributed by atoms with van der Waals surface area (Å²) >= 11 is 0. The van der Waals surface area contributed by atoms with Crippen LogP contribution in [0.15, 0.2) is 18.2 Å². The summed E-state index contributed by atoms with van der Waals surface area (Å²) in [5.41, 5.74) is 2.35. The van der Waals surface area contributed by atoms with E-state index in [4.69, 9.17) is 5.11 Å². The smallest absolute Gasteiger partial charge is 0.269 e. The maximum absolute atomic E-state index is 10.6. The van der Waals surface area contributed by atoms with Crippen LogP contribution >= 0.6 is 0 Å². The number of nitrogens with zero attached hydrogens (tertiary/aromatic N) is 1. The fourth-order valence-electron chi connectivity index (χ4n) is 2.09. The number of hydrogen-bond acceptors (Lipinski definition) is 3. The van der Waals surface area contributed by atoms with Gasteiger partial charge in [-0.15, -0.1) is 0 Å². The number of fused-ring (bicyclic) bond motifs is 1. The molecule has 0 bridgehead atoms. The molecule has 1 aliphatic rings. The Bertz CT molecular complexity index is 389. The summed E-state index contributed by atoms with van der Waals surface area (Å²) in [5.74, 6) is 0.263. The molecule has 0 saturated carbocycles. The van der Waals surface area contributed by atoms with Gasteiger partial charge < -0.3 is 5.11 Å². The van der Waals surface area contributed by atoms with Crippen LogP contribution in [0.1, 0.15) is 17.5 Å². The number of rotatable bonds is 2. The predicted octanol–water partition coefficient (Wildman–Crippen LogP) is 1.69. The monoisotopic (exact) mass is 207 g/mol. The lowest BCUT2D eigenvalue weighted by atomic mass is 9.84. The van der Waals surface area contributed by atoms with Crippen molar-refractivity contribution in [1.29, 1.82) is 0 Å². The largest absolute Gasteiger partial charge is 0.396 e. The molecule has 1 aromatic carbocycles. The van der Waals surface area contributed by atoms with Gasteiger partial charge >= 0.3 is 0 Å². The van der Waals surface area contributed by atoms with Crippen LogP contribution in [0.5, 0.6) is 0 Å². The fraction of sp³-hybridized carbons (Fsp3) is 0.455. The highest BCUT2D eigenvalue weighted by Gasteiger charge is 2.20. The van der Waals surface area contributed by atoms with Crippen molar-refractivity contribution in [2.24, 2.45) is 5.92 Å². The van der Waals surface area contributed by atoms with Crippen molar-refractivity contribution < 1.29 is 10.0 Å². The topological polar surface area (TPSA) is 63.4 Å². The van der Waals surface area contributed by atoms with Gasteiger partial charge in [-0.05, 0) is 36.3 Å². The number of aliphatic hydroxyl groups excluding tert-OH is 1. The molecule has 0 amide bonds. The second-order valence-electron chi connectivity index (χ2n) is 4.00. The van der Waals surface area contributed by atoms with E-state index in [0.29, 0.717) is 0 Å². The maximum Gasteiger partial charge on any atom is 0.269 e. The van der Waals surface area contributed by atoms with Crippen molar-refractivity contribution in [3.05, 3.63) is 39.4 Å². The second kappa shape index (κ2) is 3.98. The zero-order valence-corrected chi connectivity index (χ0v) is 8.35. The molecule has 80 valence electrons. The van der Waals surface area contributed by atoms with E-state index in [-0.39, 0.29) is 23.1 Å². The van der Waals surface area contributed by atoms with E-state index in [9.17, 15) is 10.1 Å². The fourth-order valence-corrected chi connectivity index (χ4v) is 2.09. The highest BCUT2D eigenvalue weighted by atomic mass is 16.6. The Balaban J connectivity index is 2.30. The van der Waals surface area contributed by atoms with E-state index in [1.807, 2.05) is 6.07 Å². The Labute approximate surface area is 87.7 Å². The Morgan fingerprint density at radius 1 is 1.47 bits per heavy atom. The lowest BCUT2D eigenvalue weighted by molar-refractivity contribution is -0.384. The average molecular weight is 207 g/mol. The molecule has 0 fully saturated rings. The molecule has 2 rings (SSSR count). The lowest BCUT2D eigenvalue weighted by Gasteiger charge is -2.22. The molecule has 1 aromatic rings. The van der Waals surface area contributed by atoms with Crippen LogP contribution in [0.3, 0.4) is 0 Å². The third-order valence-electron chi connectivity index (χ3n) is 2.99. The summed E-state index contributed by atoms with van der Waals surface area (Å²) < 4.78 is 0. The molecule has 0 saturated heterocycles. The molecule has 4 nitrogen and oxygen atoms in total. The first kappa shape index (κ1) is 10.1. The lowest BCUT2D eigenvalue weighted by Crippen LogP contribution is -2.17. The third kappa shape index (κ3) is 1.99. The van der Waals surface area contributed by atoms with Crippen LogP contribution in [-0.2, 0) is 12.8 Å². The minimum atomic E-state index is -0.372. The minimum Gasteiger partial charge on any atom is -0.396 e. The summed E-state index contributed by atoms with van der Waals surface area (Å²) in [6.07, 6.45) is 2.65. The molecule has 1 unspecified atom stereocenters. The number of aryl methyl sites for hydroxylation is 1. The molecule has 15 heavy (non-hydrogen) atoms. The SMILES string of the molecule is O=[N+]([O-])c1ccc2c(c1)CC(CO)CC2. The molecule has 1 N–H and O–H groups in total. The molecular formula is C11H13NO3. The molecule has 0 radical (unpaired) electrons. The van der Waals surface area contributed by atoms with Gasteiger partial charge in [-0.1, -0.05) is 6.07 Å². The van der Waals surface area contributed by atoms with E-state index in [1.165, 1.54) is 5.56 Å². The third-order valence-corrected chi connectivity index (χ3v) is 2.99. The molecule has 0 aliphatic heterocycles. The van der Waals surface area contributed by atoms with Gasteiger partial charge in [0, 0.05) is 18.7 Å². The van der Waals surface area contributed by atoms with Gasteiger partial charge in [0.05, 0.1) is 4.92 Å². The first-order chi connectivity index (χ1) is 7.20. The Hall–Kier alpha value is -1.42. The predicted molar refractivity (Wildman–Crippen MR) is 55.7 cm³/mol. The minimum absolute atomic E-state index is 0.146. The number of hydrogen-bond donors (Lipinski definition) is 1. The number of non-ortho nitro benzene ring substituents is 1. The summed E-state index contributed by atoms with van der Waals surface area (Å²) in [4.78, 5) is 10.2. The number of nitro groups is 1. The molecule has 0 heterocycles. The van der Waals surface area contributed by atoms with Crippen LogP contribution < -0.4 is 0 Å². The van der Waals surface area contributed by atoms with Crippen molar-refractivity contribution in [2.45, 2.75) is 19.3 Å². The Morgan fingerprint density at radius 3 is 2.93 bits per heavy atom. The zero-order valence-electron chi connectivity index (χ0n) is 8.35. The highest BCUT2D eigenvalue weighted by Crippen LogP contribution is 2.28. The van der Waals surface area contributed by atoms with Crippen LogP contribution in [-0.4, -0.2) is 16.6 Å². The molecular weight excluding hydrogens is 194 g/mol. The maximum atomic E-state index is 10.6. The van der Waals surface area contributed by atoms with Crippen molar-refractivity contribution in [3.63, 3.8) is 0 Å². The van der Waals surface area contributed by atoms with Gasteiger partial charge in [0.25, 0.3) is 5.69 Å². The van der Waals surface area contributed by atoms with Gasteiger partial charge in [0.15, 0.2) is 0 Å². The van der Waals surface area contributed by atoms with Crippen LogP contribution in [0.25, 0.3) is 0 Å². The van der Waals surface area contributed by atoms with Gasteiger partial charge in [0.1, 0.15) is 0 Å². The molecule has 0 aromatic heterocycles. The van der Waals surface area contributed by atoms with Crippen LogP contribution in [0.2, 0.25) is 0 Å². The number of nitro benzene ring substituents is 1. The normalized spacial score (nSPS) is 19.7. The Kier molecular flexibility index (Phi) is 2.68. The van der Waals surface area contributed by atoms with Gasteiger partial charge in [-0.25, -0.2) is 0 Å². The molecule has 1 atom stereocenters. The molecule has 0 spiro atoms. The van der Waals surface area contributed by atoms with Crippen LogP contribution in [0, 0.1) is 16.0 Å². The van der Waals surface area contributed by atoms with Gasteiger partial charge in [0.2, 0.25) is 0 Å². The summed E-state index contributed by atoms with van der Waals surface area (Å²) in [6.45, 7) is 0.169. The van der Waals surface area contributed by atoms with E-state index < -0.39 is 0 Å². The van der Waals surface area contributed by atoms with Crippen molar-refractivity contribution in [3.8, 4) is 0 Å². The zero-order chi connectivity index (χ0) is 10.8. The number of benzene rings is 1. The quantitative estimate of drug-likeness (QED) is 0.593. The summed E-state index contributed by atoms with van der Waals surface area (Å²) in [7, 11) is 0. The first-order valence-corrected chi connectivity index (χ1v) is 5.07. The van der Waals surface area contributed by atoms with Crippen molar-refractivity contribution in [2.75, 3.05) is 6.61 Å². The van der Waals surface area contributed by atoms with E-state index in [2.05, 4.69) is 0 Å². The summed E-state index contributed by atoms with van der Waals surface area (Å²) in [5, 5.41) is 19.7. The summed E-state index contributed by atoms with van der Waals surface area (Å²) in [6, 6.07) is 5.02. The average Bonchev–Trinajstić information content (AvgIpc) is 2.27. The first-order valence-electron chi connectivity index (χ1n) is 5.07. The molecule has 4 heteroatoms.